The molecule has 2 saturated heterocycles. The van der Waals surface area contributed by atoms with E-state index in [1.807, 2.05) is 31.2 Å². The van der Waals surface area contributed by atoms with Crippen LogP contribution < -0.4 is 4.74 Å². The van der Waals surface area contributed by atoms with E-state index in [0.29, 0.717) is 48.2 Å². The molecular formula is C28H31N3O8S. The molecule has 1 saturated carbocycles. The van der Waals surface area contributed by atoms with E-state index in [9.17, 15) is 19.5 Å². The largest absolute Gasteiger partial charge is 0.496 e. The number of oxazole rings is 1. The summed E-state index contributed by atoms with van der Waals surface area (Å²) in [5.41, 5.74) is -0.0650. The lowest BCUT2D eigenvalue weighted by Crippen LogP contribution is -2.65. The van der Waals surface area contributed by atoms with Crippen molar-refractivity contribution in [3.63, 3.8) is 0 Å². The van der Waals surface area contributed by atoms with Gasteiger partial charge in [0.25, 0.3) is 0 Å². The van der Waals surface area contributed by atoms with Gasteiger partial charge in [0.15, 0.2) is 0 Å². The molecule has 3 atom stereocenters. The molecule has 3 aliphatic heterocycles. The number of ether oxygens (including phenoxy) is 3. The fourth-order valence-electron chi connectivity index (χ4n) is 5.81. The second-order valence-electron chi connectivity index (χ2n) is 10.5. The van der Waals surface area contributed by atoms with Crippen molar-refractivity contribution >= 4 is 34.6 Å². The summed E-state index contributed by atoms with van der Waals surface area (Å²) < 4.78 is 23.3. The number of aromatic nitrogens is 1. The molecular weight excluding hydrogens is 538 g/mol. The van der Waals surface area contributed by atoms with Gasteiger partial charge in [-0.1, -0.05) is 30.0 Å². The van der Waals surface area contributed by atoms with Crippen molar-refractivity contribution in [3.05, 3.63) is 53.8 Å². The number of carboxylic acids is 1. The number of benzene rings is 1. The molecule has 1 aromatic carbocycles. The first kappa shape index (κ1) is 26.9. The zero-order valence-electron chi connectivity index (χ0n) is 22.3. The molecule has 3 fully saturated rings. The minimum Gasteiger partial charge on any atom is -0.496 e. The van der Waals surface area contributed by atoms with E-state index in [0.717, 1.165) is 10.5 Å². The average Bonchev–Trinajstić information content (AvgIpc) is 3.42. The van der Waals surface area contributed by atoms with E-state index in [2.05, 4.69) is 4.98 Å². The molecule has 0 bridgehead atoms. The number of imide groups is 1. The van der Waals surface area contributed by atoms with E-state index in [4.69, 9.17) is 18.6 Å². The molecule has 6 rings (SSSR count). The molecule has 12 heteroatoms. The SMILES string of the molecule is COc1ccccc1[C@@H](CN1C(=O)N(C2(C(=O)O)CC2)C(=O)C2C(C)=C(c3ncco3)SC21)OC1CCOCC1. The maximum absolute atomic E-state index is 14.2. The van der Waals surface area contributed by atoms with Gasteiger partial charge in [-0.15, -0.1) is 0 Å². The first-order valence-corrected chi connectivity index (χ1v) is 14.2. The Hall–Kier alpha value is -3.35. The number of amides is 3. The number of hydrogen-bond acceptors (Lipinski definition) is 9. The molecule has 1 aliphatic carbocycles. The van der Waals surface area contributed by atoms with Gasteiger partial charge in [-0.2, -0.15) is 0 Å². The van der Waals surface area contributed by atoms with Crippen LogP contribution in [-0.2, 0) is 19.1 Å². The second kappa shape index (κ2) is 10.6. The molecule has 3 amide bonds. The molecule has 2 unspecified atom stereocenters. The second-order valence-corrected chi connectivity index (χ2v) is 11.6. The summed E-state index contributed by atoms with van der Waals surface area (Å²) in [7, 11) is 1.58. The van der Waals surface area contributed by atoms with E-state index in [1.165, 1.54) is 24.2 Å². The standard InChI is InChI=1S/C28H31N3O8S/c1-16-21-24(32)31(28(9-10-28)26(33)34)27(35)30(25(21)40-22(16)23-29-11-14-38-23)15-20(39-17-7-12-37-13-8-17)18-5-3-4-6-19(18)36-2/h3-6,11,14,17,20-21,25H,7-10,12-13,15H2,1-2H3,(H,33,34)/t20-,21?,25?/m1/s1. The third-order valence-electron chi connectivity index (χ3n) is 8.13. The Morgan fingerprint density at radius 2 is 2.00 bits per heavy atom. The Bertz CT molecular complexity index is 1330. The minimum atomic E-state index is -1.53. The van der Waals surface area contributed by atoms with Crippen molar-refractivity contribution in [2.24, 2.45) is 5.92 Å². The van der Waals surface area contributed by atoms with Crippen LogP contribution in [-0.4, -0.2) is 81.7 Å². The lowest BCUT2D eigenvalue weighted by atomic mass is 9.93. The van der Waals surface area contributed by atoms with Crippen LogP contribution in [0.3, 0.4) is 0 Å². The van der Waals surface area contributed by atoms with E-state index in [1.54, 1.807) is 12.0 Å². The van der Waals surface area contributed by atoms with Gasteiger partial charge < -0.3 is 28.6 Å². The van der Waals surface area contributed by atoms with Crippen LogP contribution in [0.4, 0.5) is 4.79 Å². The van der Waals surface area contributed by atoms with E-state index < -0.39 is 40.8 Å². The van der Waals surface area contributed by atoms with Crippen molar-refractivity contribution in [1.29, 1.82) is 0 Å². The van der Waals surface area contributed by atoms with Gasteiger partial charge in [-0.25, -0.2) is 19.5 Å². The number of carboxylic acid groups (broad SMARTS) is 1. The number of thioether (sulfide) groups is 1. The first-order valence-electron chi connectivity index (χ1n) is 13.4. The number of aliphatic carboxylic acids is 1. The summed E-state index contributed by atoms with van der Waals surface area (Å²) in [5.74, 6) is -1.44. The van der Waals surface area contributed by atoms with Crippen molar-refractivity contribution in [2.45, 2.75) is 55.7 Å². The molecule has 4 heterocycles. The van der Waals surface area contributed by atoms with Crippen LogP contribution >= 0.6 is 11.8 Å². The van der Waals surface area contributed by atoms with Crippen molar-refractivity contribution in [2.75, 3.05) is 26.9 Å². The smallest absolute Gasteiger partial charge is 0.330 e. The van der Waals surface area contributed by atoms with Crippen LogP contribution in [0.1, 0.15) is 50.2 Å². The number of nitrogens with zero attached hydrogens (tertiary/aromatic N) is 3. The average molecular weight is 570 g/mol. The van der Waals surface area contributed by atoms with Gasteiger partial charge in [-0.05, 0) is 44.2 Å². The Kier molecular flexibility index (Phi) is 7.09. The maximum Gasteiger partial charge on any atom is 0.330 e. The van der Waals surface area contributed by atoms with Crippen LogP contribution in [0.5, 0.6) is 5.75 Å². The summed E-state index contributed by atoms with van der Waals surface area (Å²) in [6.07, 6.45) is 4.17. The highest BCUT2D eigenvalue weighted by molar-refractivity contribution is 8.09. The van der Waals surface area contributed by atoms with E-state index in [-0.39, 0.29) is 25.5 Å². The molecule has 11 nitrogen and oxygen atoms in total. The van der Waals surface area contributed by atoms with Gasteiger partial charge in [0.05, 0.1) is 42.2 Å². The van der Waals surface area contributed by atoms with Gasteiger partial charge in [-0.3, -0.25) is 4.79 Å². The molecule has 1 aromatic heterocycles. The topological polar surface area (TPSA) is 132 Å². The number of carbonyl (C=O) groups excluding carboxylic acids is 2. The zero-order chi connectivity index (χ0) is 28.0. The molecule has 0 spiro atoms. The monoisotopic (exact) mass is 569 g/mol. The lowest BCUT2D eigenvalue weighted by Gasteiger charge is -2.45. The summed E-state index contributed by atoms with van der Waals surface area (Å²) in [5, 5.41) is 9.46. The van der Waals surface area contributed by atoms with Gasteiger partial charge >= 0.3 is 12.0 Å². The Morgan fingerprint density at radius 3 is 2.65 bits per heavy atom. The Morgan fingerprint density at radius 1 is 1.25 bits per heavy atom. The van der Waals surface area contributed by atoms with E-state index >= 15 is 0 Å². The highest BCUT2D eigenvalue weighted by Crippen LogP contribution is 2.54. The lowest BCUT2D eigenvalue weighted by molar-refractivity contribution is -0.153. The first-order chi connectivity index (χ1) is 19.4. The molecule has 4 aliphatic rings. The van der Waals surface area contributed by atoms with Gasteiger partial charge in [0, 0.05) is 18.8 Å². The van der Waals surface area contributed by atoms with Crippen LogP contribution in [0.2, 0.25) is 0 Å². The van der Waals surface area contributed by atoms with Crippen LogP contribution in [0, 0.1) is 5.92 Å². The number of carbonyl (C=O) groups is 3. The summed E-state index contributed by atoms with van der Waals surface area (Å²) in [6, 6.07) is 6.86. The predicted octanol–water partition coefficient (Wildman–Crippen LogP) is 3.92. The predicted molar refractivity (Wildman–Crippen MR) is 143 cm³/mol. The highest BCUT2D eigenvalue weighted by atomic mass is 32.2. The van der Waals surface area contributed by atoms with Crippen molar-refractivity contribution in [1.82, 2.24) is 14.8 Å². The quantitative estimate of drug-likeness (QED) is 0.474. The number of fused-ring (bicyclic) bond motifs is 1. The van der Waals surface area contributed by atoms with Crippen LogP contribution in [0.25, 0.3) is 4.91 Å². The zero-order valence-corrected chi connectivity index (χ0v) is 23.1. The fourth-order valence-corrected chi connectivity index (χ4v) is 7.33. The van der Waals surface area contributed by atoms with Crippen molar-refractivity contribution < 1.29 is 38.1 Å². The van der Waals surface area contributed by atoms with Crippen LogP contribution in [0.15, 0.2) is 46.7 Å². The van der Waals surface area contributed by atoms with Crippen molar-refractivity contribution in [3.8, 4) is 5.75 Å². The third kappa shape index (κ3) is 4.47. The number of para-hydroxylation sites is 1. The highest BCUT2D eigenvalue weighted by Gasteiger charge is 2.65. The third-order valence-corrected chi connectivity index (χ3v) is 9.63. The van der Waals surface area contributed by atoms with Gasteiger partial charge in [0.1, 0.15) is 23.7 Å². The molecule has 2 aromatic rings. The summed E-state index contributed by atoms with van der Waals surface area (Å²) in [4.78, 5) is 47.9. The number of urea groups is 1. The number of methoxy groups -OCH3 is 1. The Balaban J connectivity index is 1.40. The minimum absolute atomic E-state index is 0.0927. The molecule has 40 heavy (non-hydrogen) atoms. The normalized spacial score (nSPS) is 25.2. The fraction of sp³-hybridized carbons (Fsp3) is 0.500. The summed E-state index contributed by atoms with van der Waals surface area (Å²) >= 11 is 1.34. The number of hydrogen-bond donors (Lipinski definition) is 1. The molecule has 1 N–H and O–H groups in total. The molecule has 212 valence electrons. The summed E-state index contributed by atoms with van der Waals surface area (Å²) in [6.45, 7) is 3.07. The Labute approximate surface area is 235 Å². The molecule has 0 radical (unpaired) electrons. The number of rotatable bonds is 9. The maximum atomic E-state index is 14.2. The van der Waals surface area contributed by atoms with Gasteiger partial charge in [0.2, 0.25) is 11.8 Å².